The molecule has 41 heavy (non-hydrogen) atoms. The lowest BCUT2D eigenvalue weighted by molar-refractivity contribution is -0.140. The molecule has 0 radical (unpaired) electrons. The molecule has 0 aliphatic heterocycles. The number of anilines is 1. The average molecular weight is 637 g/mol. The predicted octanol–water partition coefficient (Wildman–Crippen LogP) is 6.55. The third-order valence-corrected chi connectivity index (χ3v) is 9.67. The highest BCUT2D eigenvalue weighted by Crippen LogP contribution is 2.28. The molecular formula is C30H35Cl2N3O4S2. The molecule has 0 aliphatic carbocycles. The molecule has 0 heterocycles. The van der Waals surface area contributed by atoms with Gasteiger partial charge in [0.05, 0.1) is 20.6 Å². The highest BCUT2D eigenvalue weighted by molar-refractivity contribution is 7.98. The van der Waals surface area contributed by atoms with Crippen molar-refractivity contribution in [3.63, 3.8) is 0 Å². The summed E-state index contributed by atoms with van der Waals surface area (Å²) in [6.07, 6.45) is 2.22. The second-order valence-electron chi connectivity index (χ2n) is 9.88. The van der Waals surface area contributed by atoms with Crippen LogP contribution in [0.25, 0.3) is 0 Å². The van der Waals surface area contributed by atoms with E-state index in [1.54, 1.807) is 54.6 Å². The van der Waals surface area contributed by atoms with Crippen LogP contribution in [0.1, 0.15) is 38.3 Å². The molecule has 0 aromatic heterocycles. The number of benzene rings is 3. The van der Waals surface area contributed by atoms with Gasteiger partial charge in [0.1, 0.15) is 12.6 Å². The number of nitrogens with zero attached hydrogens (tertiary/aromatic N) is 2. The zero-order valence-corrected chi connectivity index (χ0v) is 26.9. The number of hydrogen-bond donors (Lipinski definition) is 1. The van der Waals surface area contributed by atoms with Crippen LogP contribution in [0.3, 0.4) is 0 Å². The largest absolute Gasteiger partial charge is 0.352 e. The quantitative estimate of drug-likeness (QED) is 0.228. The Labute approximate surface area is 257 Å². The van der Waals surface area contributed by atoms with E-state index in [0.29, 0.717) is 27.7 Å². The summed E-state index contributed by atoms with van der Waals surface area (Å²) in [5.74, 6) is -0.861. The fourth-order valence-electron chi connectivity index (χ4n) is 4.25. The molecule has 0 fully saturated rings. The molecular weight excluding hydrogens is 601 g/mol. The summed E-state index contributed by atoms with van der Waals surface area (Å²) in [6.45, 7) is 6.90. The summed E-state index contributed by atoms with van der Waals surface area (Å²) >= 11 is 13.8. The lowest BCUT2D eigenvalue weighted by Crippen LogP contribution is -2.53. The summed E-state index contributed by atoms with van der Waals surface area (Å²) < 4.78 is 29.0. The van der Waals surface area contributed by atoms with E-state index in [9.17, 15) is 18.0 Å². The first-order valence-electron chi connectivity index (χ1n) is 13.1. The minimum Gasteiger partial charge on any atom is -0.352 e. The van der Waals surface area contributed by atoms with Crippen molar-refractivity contribution >= 4 is 62.5 Å². The van der Waals surface area contributed by atoms with Crippen LogP contribution in [0.5, 0.6) is 0 Å². The van der Waals surface area contributed by atoms with Crippen LogP contribution >= 0.6 is 35.0 Å². The zero-order chi connectivity index (χ0) is 30.3. The topological polar surface area (TPSA) is 86.8 Å². The van der Waals surface area contributed by atoms with Crippen molar-refractivity contribution in [3.05, 3.63) is 87.9 Å². The van der Waals surface area contributed by atoms with Gasteiger partial charge in [-0.15, -0.1) is 11.8 Å². The molecule has 0 saturated carbocycles. The summed E-state index contributed by atoms with van der Waals surface area (Å²) in [4.78, 5) is 29.7. The number of nitrogens with one attached hydrogen (secondary N) is 1. The lowest BCUT2D eigenvalue weighted by atomic mass is 10.1. The van der Waals surface area contributed by atoms with E-state index in [1.165, 1.54) is 28.8 Å². The van der Waals surface area contributed by atoms with Gasteiger partial charge in [0, 0.05) is 17.5 Å². The molecule has 1 N–H and O–H groups in total. The molecule has 3 aromatic rings. The van der Waals surface area contributed by atoms with Crippen LogP contribution in [0, 0.1) is 6.92 Å². The standard InChI is InChI=1S/C30H35Cl2N3O4S2/c1-6-28(30(37)33-20(2)3)34(18-22-9-16-26(31)27(32)17-22)29(36)19-35(23-10-7-21(4)8-11-23)41(38,39)25-14-12-24(40-5)13-15-25/h7-17,20,28H,6,18-19H2,1-5H3,(H,33,37)/t28-/m1/s1. The number of carbonyl (C=O) groups excluding carboxylic acids is 2. The Balaban J connectivity index is 2.07. The minimum absolute atomic E-state index is 0.0317. The van der Waals surface area contributed by atoms with Crippen LogP contribution < -0.4 is 9.62 Å². The van der Waals surface area contributed by atoms with Crippen LogP contribution in [0.4, 0.5) is 5.69 Å². The molecule has 1 atom stereocenters. The number of amides is 2. The second kappa shape index (κ2) is 14.4. The summed E-state index contributed by atoms with van der Waals surface area (Å²) in [5, 5.41) is 3.56. The maximum Gasteiger partial charge on any atom is 0.264 e. The third kappa shape index (κ3) is 8.41. The first-order valence-corrected chi connectivity index (χ1v) is 16.6. The van der Waals surface area contributed by atoms with E-state index in [-0.39, 0.29) is 23.4 Å². The predicted molar refractivity (Wildman–Crippen MR) is 168 cm³/mol. The third-order valence-electron chi connectivity index (χ3n) is 6.40. The fraction of sp³-hybridized carbons (Fsp3) is 0.333. The Morgan fingerprint density at radius 3 is 2.12 bits per heavy atom. The smallest absolute Gasteiger partial charge is 0.264 e. The normalized spacial score (nSPS) is 12.2. The zero-order valence-electron chi connectivity index (χ0n) is 23.7. The van der Waals surface area contributed by atoms with E-state index in [0.717, 1.165) is 14.8 Å². The van der Waals surface area contributed by atoms with Gasteiger partial charge in [-0.2, -0.15) is 0 Å². The van der Waals surface area contributed by atoms with Crippen LogP contribution in [-0.4, -0.2) is 50.0 Å². The number of halogens is 2. The number of sulfonamides is 1. The molecule has 2 amide bonds. The highest BCUT2D eigenvalue weighted by Gasteiger charge is 2.34. The van der Waals surface area contributed by atoms with Gasteiger partial charge < -0.3 is 10.2 Å². The second-order valence-corrected chi connectivity index (χ2v) is 13.4. The summed E-state index contributed by atoms with van der Waals surface area (Å²) in [6, 6.07) is 17.4. The van der Waals surface area contributed by atoms with Crippen molar-refractivity contribution in [1.82, 2.24) is 10.2 Å². The number of rotatable bonds is 12. The number of hydrogen-bond acceptors (Lipinski definition) is 5. The lowest BCUT2D eigenvalue weighted by Gasteiger charge is -2.33. The van der Waals surface area contributed by atoms with Crippen molar-refractivity contribution in [2.75, 3.05) is 17.1 Å². The Hall–Kier alpha value is -2.72. The molecule has 0 spiro atoms. The maximum atomic E-state index is 14.1. The molecule has 11 heteroatoms. The molecule has 7 nitrogen and oxygen atoms in total. The van der Waals surface area contributed by atoms with E-state index >= 15 is 0 Å². The molecule has 0 aliphatic rings. The Kier molecular flexibility index (Phi) is 11.6. The van der Waals surface area contributed by atoms with Crippen molar-refractivity contribution in [2.24, 2.45) is 0 Å². The summed E-state index contributed by atoms with van der Waals surface area (Å²) in [5.41, 5.74) is 1.94. The Morgan fingerprint density at radius 2 is 1.59 bits per heavy atom. The van der Waals surface area contributed by atoms with E-state index < -0.39 is 28.5 Å². The monoisotopic (exact) mass is 635 g/mol. The number of aryl methyl sites for hydroxylation is 1. The van der Waals surface area contributed by atoms with Gasteiger partial charge in [-0.3, -0.25) is 13.9 Å². The van der Waals surface area contributed by atoms with Crippen molar-refractivity contribution in [3.8, 4) is 0 Å². The first kappa shape index (κ1) is 32.8. The van der Waals surface area contributed by atoms with Gasteiger partial charge in [-0.05, 0) is 87.5 Å². The fourth-order valence-corrected chi connectivity index (χ4v) is 6.39. The van der Waals surface area contributed by atoms with Crippen molar-refractivity contribution in [2.45, 2.75) is 62.5 Å². The van der Waals surface area contributed by atoms with Crippen LogP contribution in [0.2, 0.25) is 10.0 Å². The molecule has 0 bridgehead atoms. The highest BCUT2D eigenvalue weighted by atomic mass is 35.5. The number of carbonyl (C=O) groups is 2. The minimum atomic E-state index is -4.14. The Morgan fingerprint density at radius 1 is 0.951 bits per heavy atom. The van der Waals surface area contributed by atoms with Gasteiger partial charge >= 0.3 is 0 Å². The van der Waals surface area contributed by atoms with Crippen LogP contribution in [-0.2, 0) is 26.2 Å². The molecule has 0 unspecified atom stereocenters. The van der Waals surface area contributed by atoms with E-state index in [2.05, 4.69) is 5.32 Å². The molecule has 220 valence electrons. The maximum absolute atomic E-state index is 14.1. The van der Waals surface area contributed by atoms with Gasteiger partial charge in [0.15, 0.2) is 0 Å². The SMILES string of the molecule is CC[C@H](C(=O)NC(C)C)N(Cc1ccc(Cl)c(Cl)c1)C(=O)CN(c1ccc(C)cc1)S(=O)(=O)c1ccc(SC)cc1. The van der Waals surface area contributed by atoms with Crippen molar-refractivity contribution < 1.29 is 18.0 Å². The summed E-state index contributed by atoms with van der Waals surface area (Å²) in [7, 11) is -4.14. The van der Waals surface area contributed by atoms with Gasteiger partial charge in [-0.1, -0.05) is 53.9 Å². The van der Waals surface area contributed by atoms with E-state index in [1.807, 2.05) is 34.0 Å². The van der Waals surface area contributed by atoms with E-state index in [4.69, 9.17) is 23.2 Å². The van der Waals surface area contributed by atoms with Gasteiger partial charge in [0.25, 0.3) is 10.0 Å². The van der Waals surface area contributed by atoms with Crippen LogP contribution in [0.15, 0.2) is 76.5 Å². The molecule has 3 rings (SSSR count). The van der Waals surface area contributed by atoms with Gasteiger partial charge in [-0.25, -0.2) is 8.42 Å². The Bertz CT molecular complexity index is 1460. The molecule has 3 aromatic carbocycles. The number of thioether (sulfide) groups is 1. The molecule has 0 saturated heterocycles. The average Bonchev–Trinajstić information content (AvgIpc) is 2.93. The van der Waals surface area contributed by atoms with Gasteiger partial charge in [0.2, 0.25) is 11.8 Å². The van der Waals surface area contributed by atoms with Crippen molar-refractivity contribution in [1.29, 1.82) is 0 Å². The first-order chi connectivity index (χ1) is 19.4.